The Morgan fingerprint density at radius 2 is 1.24 bits per heavy atom. The van der Waals surface area contributed by atoms with Crippen molar-refractivity contribution in [2.24, 2.45) is 5.92 Å². The lowest BCUT2D eigenvalue weighted by Gasteiger charge is -2.04. The number of carbonyl (C=O) groups is 1. The molecule has 0 bridgehead atoms. The molecule has 0 aliphatic heterocycles. The first kappa shape index (κ1) is 20.5. The van der Waals surface area contributed by atoms with Crippen LogP contribution in [0.1, 0.15) is 96.8 Å². The third kappa shape index (κ3) is 14.2. The minimum absolute atomic E-state index is 0.281. The highest BCUT2D eigenvalue weighted by atomic mass is 32.1. The quantitative estimate of drug-likeness (QED) is 0.295. The van der Waals surface area contributed by atoms with Crippen LogP contribution >= 0.6 is 12.6 Å². The van der Waals surface area contributed by atoms with Crippen LogP contribution in [0.25, 0.3) is 0 Å². The van der Waals surface area contributed by atoms with Crippen molar-refractivity contribution in [3.05, 3.63) is 0 Å². The zero-order valence-corrected chi connectivity index (χ0v) is 14.7. The van der Waals surface area contributed by atoms with Crippen LogP contribution in [0.4, 0.5) is 0 Å². The maximum Gasteiger partial charge on any atom is 0.203 e. The van der Waals surface area contributed by atoms with E-state index >= 15 is 0 Å². The monoisotopic (exact) mass is 311 g/mol. The van der Waals surface area contributed by atoms with Gasteiger partial charge in [0.1, 0.15) is 5.92 Å². The molecule has 1 atom stereocenters. The van der Waals surface area contributed by atoms with Crippen LogP contribution in [0.2, 0.25) is 0 Å². The molecule has 0 aromatic heterocycles. The van der Waals surface area contributed by atoms with Crippen LogP contribution in [0, 0.1) is 17.2 Å². The summed E-state index contributed by atoms with van der Waals surface area (Å²) in [5.41, 5.74) is 0. The smallest absolute Gasteiger partial charge is 0.203 e. The summed E-state index contributed by atoms with van der Waals surface area (Å²) in [6.07, 6.45) is 17.8. The van der Waals surface area contributed by atoms with E-state index in [0.29, 0.717) is 6.42 Å². The van der Waals surface area contributed by atoms with E-state index < -0.39 is 5.92 Å². The van der Waals surface area contributed by atoms with Gasteiger partial charge >= 0.3 is 0 Å². The van der Waals surface area contributed by atoms with E-state index in [-0.39, 0.29) is 5.12 Å². The molecule has 2 nitrogen and oxygen atoms in total. The lowest BCUT2D eigenvalue weighted by molar-refractivity contribution is -0.112. The lowest BCUT2D eigenvalue weighted by Crippen LogP contribution is -2.05. The van der Waals surface area contributed by atoms with Gasteiger partial charge in [-0.05, 0) is 6.42 Å². The third-order valence-electron chi connectivity index (χ3n) is 4.05. The van der Waals surface area contributed by atoms with Crippen LogP contribution in [0.15, 0.2) is 0 Å². The number of unbranched alkanes of at least 4 members (excludes halogenated alkanes) is 12. The van der Waals surface area contributed by atoms with Crippen LogP contribution in [-0.2, 0) is 4.79 Å². The third-order valence-corrected chi connectivity index (χ3v) is 4.36. The Balaban J connectivity index is 3.16. The van der Waals surface area contributed by atoms with Crippen molar-refractivity contribution >= 4 is 17.7 Å². The van der Waals surface area contributed by atoms with E-state index in [4.69, 9.17) is 5.26 Å². The van der Waals surface area contributed by atoms with Gasteiger partial charge in [0, 0.05) is 0 Å². The molecule has 0 fully saturated rings. The zero-order valence-electron chi connectivity index (χ0n) is 13.8. The minimum atomic E-state index is -0.499. The fraction of sp³-hybridized carbons (Fsp3) is 0.889. The van der Waals surface area contributed by atoms with Gasteiger partial charge in [-0.3, -0.25) is 4.79 Å². The Bertz CT molecular complexity index is 285. The second-order valence-electron chi connectivity index (χ2n) is 6.05. The van der Waals surface area contributed by atoms with Crippen LogP contribution in [0.3, 0.4) is 0 Å². The van der Waals surface area contributed by atoms with E-state index in [0.717, 1.165) is 12.8 Å². The van der Waals surface area contributed by atoms with E-state index in [9.17, 15) is 4.79 Å². The lowest BCUT2D eigenvalue weighted by atomic mass is 10.0. The Morgan fingerprint density at radius 1 is 0.857 bits per heavy atom. The van der Waals surface area contributed by atoms with Crippen molar-refractivity contribution < 1.29 is 4.79 Å². The summed E-state index contributed by atoms with van der Waals surface area (Å²) in [6.45, 7) is 2.26. The van der Waals surface area contributed by atoms with Gasteiger partial charge in [0.15, 0.2) is 0 Å². The minimum Gasteiger partial charge on any atom is -0.286 e. The predicted octanol–water partition coefficient (Wildman–Crippen LogP) is 6.06. The molecule has 0 aliphatic rings. The molecule has 0 saturated carbocycles. The van der Waals surface area contributed by atoms with E-state index in [1.165, 1.54) is 70.6 Å². The molecular formula is C18H33NOS. The fourth-order valence-electron chi connectivity index (χ4n) is 2.61. The first-order chi connectivity index (χ1) is 10.2. The van der Waals surface area contributed by atoms with Gasteiger partial charge < -0.3 is 0 Å². The zero-order chi connectivity index (χ0) is 15.8. The molecule has 0 aromatic carbocycles. The highest BCUT2D eigenvalue weighted by molar-refractivity contribution is 7.96. The Morgan fingerprint density at radius 3 is 1.57 bits per heavy atom. The highest BCUT2D eigenvalue weighted by Crippen LogP contribution is 2.15. The molecule has 0 aromatic rings. The molecule has 0 radical (unpaired) electrons. The number of rotatable bonds is 15. The van der Waals surface area contributed by atoms with Gasteiger partial charge in [-0.25, -0.2) is 0 Å². The number of carbonyl (C=O) groups excluding carboxylic acids is 1. The number of nitriles is 1. The number of nitrogens with zero attached hydrogens (tertiary/aromatic N) is 1. The van der Waals surface area contributed by atoms with Gasteiger partial charge in [0.2, 0.25) is 5.12 Å². The first-order valence-electron chi connectivity index (χ1n) is 8.84. The fourth-order valence-corrected chi connectivity index (χ4v) is 2.80. The van der Waals surface area contributed by atoms with Gasteiger partial charge in [0.05, 0.1) is 6.07 Å². The normalized spacial score (nSPS) is 12.0. The largest absolute Gasteiger partial charge is 0.286 e. The van der Waals surface area contributed by atoms with Crippen molar-refractivity contribution in [1.82, 2.24) is 0 Å². The molecule has 0 aliphatic carbocycles. The van der Waals surface area contributed by atoms with Crippen LogP contribution in [0.5, 0.6) is 0 Å². The maximum absolute atomic E-state index is 11.0. The standard InChI is InChI=1S/C18H33NOS/c1-2-3-4-5-6-7-8-9-10-11-12-13-14-15-17(16-19)18(20)21/h17H,2-15H2,1H3,(H,20,21). The Kier molecular flexibility index (Phi) is 15.5. The van der Waals surface area contributed by atoms with Crippen molar-refractivity contribution in [1.29, 1.82) is 5.26 Å². The topological polar surface area (TPSA) is 40.9 Å². The van der Waals surface area contributed by atoms with Crippen molar-refractivity contribution in [3.8, 4) is 6.07 Å². The molecule has 0 saturated heterocycles. The maximum atomic E-state index is 11.0. The van der Waals surface area contributed by atoms with E-state index in [1.54, 1.807) is 0 Å². The highest BCUT2D eigenvalue weighted by Gasteiger charge is 2.12. The van der Waals surface area contributed by atoms with Gasteiger partial charge in [-0.2, -0.15) is 5.26 Å². The second kappa shape index (κ2) is 15.9. The predicted molar refractivity (Wildman–Crippen MR) is 93.4 cm³/mol. The molecule has 3 heteroatoms. The van der Waals surface area contributed by atoms with Crippen molar-refractivity contribution in [3.63, 3.8) is 0 Å². The van der Waals surface area contributed by atoms with Crippen LogP contribution < -0.4 is 0 Å². The van der Waals surface area contributed by atoms with Gasteiger partial charge in [-0.1, -0.05) is 90.4 Å². The van der Waals surface area contributed by atoms with Gasteiger partial charge in [0.25, 0.3) is 0 Å². The molecule has 0 spiro atoms. The molecule has 0 amide bonds. The first-order valence-corrected chi connectivity index (χ1v) is 9.29. The number of hydrogen-bond donors (Lipinski definition) is 1. The van der Waals surface area contributed by atoms with Crippen molar-refractivity contribution in [2.75, 3.05) is 0 Å². The molecule has 0 N–H and O–H groups in total. The number of thiol groups is 1. The number of hydrogen-bond acceptors (Lipinski definition) is 2. The van der Waals surface area contributed by atoms with Crippen molar-refractivity contribution in [2.45, 2.75) is 96.8 Å². The SMILES string of the molecule is CCCCCCCCCCCCCCCC(C#N)C(=O)S. The molecule has 0 rings (SSSR count). The molecular weight excluding hydrogens is 278 g/mol. The molecule has 122 valence electrons. The molecule has 1 unspecified atom stereocenters. The average molecular weight is 312 g/mol. The average Bonchev–Trinajstić information content (AvgIpc) is 2.47. The van der Waals surface area contributed by atoms with Gasteiger partial charge in [-0.15, -0.1) is 12.6 Å². The van der Waals surface area contributed by atoms with Crippen LogP contribution in [-0.4, -0.2) is 5.12 Å². The second-order valence-corrected chi connectivity index (χ2v) is 6.49. The summed E-state index contributed by atoms with van der Waals surface area (Å²) in [5, 5.41) is 8.49. The Hall–Kier alpha value is -0.490. The summed E-state index contributed by atoms with van der Waals surface area (Å²) in [4.78, 5) is 11.0. The Labute approximate surface area is 137 Å². The van der Waals surface area contributed by atoms with E-state index in [2.05, 4.69) is 19.6 Å². The summed E-state index contributed by atoms with van der Waals surface area (Å²) in [6, 6.07) is 2.02. The van der Waals surface area contributed by atoms with E-state index in [1.807, 2.05) is 6.07 Å². The molecule has 21 heavy (non-hydrogen) atoms. The summed E-state index contributed by atoms with van der Waals surface area (Å²) in [5.74, 6) is -0.499. The molecule has 0 heterocycles. The summed E-state index contributed by atoms with van der Waals surface area (Å²) >= 11 is 3.73. The summed E-state index contributed by atoms with van der Waals surface area (Å²) < 4.78 is 0. The summed E-state index contributed by atoms with van der Waals surface area (Å²) in [7, 11) is 0.